The van der Waals surface area contributed by atoms with Crippen LogP contribution in [0.2, 0.25) is 0 Å². The van der Waals surface area contributed by atoms with E-state index in [2.05, 4.69) is 54.0 Å². The third-order valence-electron chi connectivity index (χ3n) is 5.84. The number of hydrogen-bond donors (Lipinski definition) is 0. The SMILES string of the molecule is C=CC(=NC(=C)N=C(C=C)c1cccc2c1oc1cccc(-c3ccccc3)c12)c1ccccc1. The molecule has 0 atom stereocenters. The zero-order valence-electron chi connectivity index (χ0n) is 19.3. The molecule has 0 saturated heterocycles. The predicted molar refractivity (Wildman–Crippen MR) is 148 cm³/mol. The van der Waals surface area contributed by atoms with Crippen molar-refractivity contribution >= 4 is 33.4 Å². The normalized spacial score (nSPS) is 12.1. The van der Waals surface area contributed by atoms with E-state index in [1.54, 1.807) is 12.2 Å². The molecular weight excluding hydrogens is 428 g/mol. The van der Waals surface area contributed by atoms with E-state index >= 15 is 0 Å². The molecule has 4 aromatic carbocycles. The van der Waals surface area contributed by atoms with E-state index in [9.17, 15) is 0 Å². The molecule has 0 amide bonds. The van der Waals surface area contributed by atoms with E-state index in [0.717, 1.165) is 44.2 Å². The maximum absolute atomic E-state index is 6.37. The Kier molecular flexibility index (Phi) is 6.06. The third kappa shape index (κ3) is 4.28. The van der Waals surface area contributed by atoms with Gasteiger partial charge in [-0.1, -0.05) is 105 Å². The summed E-state index contributed by atoms with van der Waals surface area (Å²) in [5, 5.41) is 2.10. The van der Waals surface area contributed by atoms with Crippen LogP contribution in [0.4, 0.5) is 0 Å². The maximum Gasteiger partial charge on any atom is 0.146 e. The first kappa shape index (κ1) is 22.1. The number of para-hydroxylation sites is 1. The van der Waals surface area contributed by atoms with Gasteiger partial charge >= 0.3 is 0 Å². The minimum atomic E-state index is 0.358. The first-order chi connectivity index (χ1) is 17.2. The van der Waals surface area contributed by atoms with Crippen LogP contribution in [0.3, 0.4) is 0 Å². The van der Waals surface area contributed by atoms with Gasteiger partial charge in [0, 0.05) is 21.9 Å². The van der Waals surface area contributed by atoms with Crippen LogP contribution in [-0.2, 0) is 0 Å². The average Bonchev–Trinajstić information content (AvgIpc) is 3.30. The van der Waals surface area contributed by atoms with Crippen LogP contribution in [0.15, 0.2) is 149 Å². The highest BCUT2D eigenvalue weighted by atomic mass is 16.3. The molecule has 35 heavy (non-hydrogen) atoms. The first-order valence-corrected chi connectivity index (χ1v) is 11.4. The fourth-order valence-electron chi connectivity index (χ4n) is 4.26. The molecule has 0 unspecified atom stereocenters. The monoisotopic (exact) mass is 452 g/mol. The number of aliphatic imine (C=N–C) groups is 2. The van der Waals surface area contributed by atoms with Crippen LogP contribution in [0.25, 0.3) is 33.1 Å². The fourth-order valence-corrected chi connectivity index (χ4v) is 4.26. The summed E-state index contributed by atoms with van der Waals surface area (Å²) in [5.41, 5.74) is 6.99. The molecule has 0 spiro atoms. The maximum atomic E-state index is 6.37. The molecular formula is C32H24N2O. The summed E-state index contributed by atoms with van der Waals surface area (Å²) in [6.07, 6.45) is 3.41. The van der Waals surface area contributed by atoms with Gasteiger partial charge in [-0.05, 0) is 35.4 Å². The number of fused-ring (bicyclic) bond motifs is 3. The number of nitrogens with zero attached hydrogens (tertiary/aromatic N) is 2. The minimum Gasteiger partial charge on any atom is -0.455 e. The molecule has 0 aliphatic rings. The Labute approximate surface area is 204 Å². The lowest BCUT2D eigenvalue weighted by Gasteiger charge is -2.05. The van der Waals surface area contributed by atoms with Crippen LogP contribution < -0.4 is 0 Å². The quantitative estimate of drug-likeness (QED) is 0.229. The van der Waals surface area contributed by atoms with Crippen LogP contribution in [0, 0.1) is 0 Å². The topological polar surface area (TPSA) is 37.9 Å². The van der Waals surface area contributed by atoms with Gasteiger partial charge in [-0.3, -0.25) is 0 Å². The number of allylic oxidation sites excluding steroid dienone is 2. The third-order valence-corrected chi connectivity index (χ3v) is 5.84. The molecule has 0 N–H and O–H groups in total. The lowest BCUT2D eigenvalue weighted by Crippen LogP contribution is -2.00. The van der Waals surface area contributed by atoms with E-state index in [0.29, 0.717) is 17.2 Å². The van der Waals surface area contributed by atoms with E-state index in [4.69, 9.17) is 4.42 Å². The molecule has 1 aromatic heterocycles. The second kappa shape index (κ2) is 9.62. The number of furan rings is 1. The molecule has 0 aliphatic carbocycles. The lowest BCUT2D eigenvalue weighted by molar-refractivity contribution is 0.668. The molecule has 3 nitrogen and oxygen atoms in total. The Morgan fingerprint density at radius 3 is 2.06 bits per heavy atom. The van der Waals surface area contributed by atoms with E-state index < -0.39 is 0 Å². The first-order valence-electron chi connectivity index (χ1n) is 11.4. The van der Waals surface area contributed by atoms with Crippen LogP contribution in [0.1, 0.15) is 11.1 Å². The standard InChI is InChI=1S/C32H24N2O/c1-4-28(24-16-10-7-11-17-24)33-22(3)34-29(5-2)26-19-12-20-27-31-25(23-14-8-6-9-15-23)18-13-21-30(31)35-32(26)27/h4-21H,1-3H2. The van der Waals surface area contributed by atoms with Gasteiger partial charge in [0.05, 0.1) is 11.4 Å². The van der Waals surface area contributed by atoms with Gasteiger partial charge in [-0.25, -0.2) is 9.98 Å². The summed E-state index contributed by atoms with van der Waals surface area (Å²) in [5.74, 6) is 0.358. The van der Waals surface area contributed by atoms with Gasteiger partial charge in [-0.2, -0.15) is 0 Å². The second-order valence-electron chi connectivity index (χ2n) is 8.01. The van der Waals surface area contributed by atoms with Gasteiger partial charge in [0.1, 0.15) is 17.0 Å². The highest BCUT2D eigenvalue weighted by Crippen LogP contribution is 2.38. The van der Waals surface area contributed by atoms with Crippen molar-refractivity contribution in [1.82, 2.24) is 0 Å². The molecule has 5 aromatic rings. The van der Waals surface area contributed by atoms with Crippen molar-refractivity contribution < 1.29 is 4.42 Å². The summed E-state index contributed by atoms with van der Waals surface area (Å²) in [6.45, 7) is 11.9. The summed E-state index contributed by atoms with van der Waals surface area (Å²) < 4.78 is 6.37. The molecule has 1 heterocycles. The minimum absolute atomic E-state index is 0.358. The van der Waals surface area contributed by atoms with Crippen molar-refractivity contribution in [2.75, 3.05) is 0 Å². The van der Waals surface area contributed by atoms with Crippen molar-refractivity contribution in [3.63, 3.8) is 0 Å². The lowest BCUT2D eigenvalue weighted by atomic mass is 9.98. The molecule has 0 fully saturated rings. The van der Waals surface area contributed by atoms with Crippen molar-refractivity contribution in [1.29, 1.82) is 0 Å². The summed E-state index contributed by atoms with van der Waals surface area (Å²) in [6, 6.07) is 32.4. The van der Waals surface area contributed by atoms with Gasteiger partial charge in [0.2, 0.25) is 0 Å². The molecule has 0 saturated carbocycles. The Morgan fingerprint density at radius 2 is 1.34 bits per heavy atom. The van der Waals surface area contributed by atoms with Crippen LogP contribution in [-0.4, -0.2) is 11.4 Å². The zero-order chi connectivity index (χ0) is 24.2. The molecule has 0 aliphatic heterocycles. The average molecular weight is 453 g/mol. The largest absolute Gasteiger partial charge is 0.455 e. The van der Waals surface area contributed by atoms with Crippen molar-refractivity contribution in [2.45, 2.75) is 0 Å². The van der Waals surface area contributed by atoms with E-state index in [1.165, 1.54) is 0 Å². The predicted octanol–water partition coefficient (Wildman–Crippen LogP) is 8.37. The van der Waals surface area contributed by atoms with Crippen molar-refractivity contribution in [2.24, 2.45) is 9.98 Å². The van der Waals surface area contributed by atoms with Crippen LogP contribution in [0.5, 0.6) is 0 Å². The van der Waals surface area contributed by atoms with Crippen molar-refractivity contribution in [3.05, 3.63) is 146 Å². The number of hydrogen-bond acceptors (Lipinski definition) is 3. The number of rotatable bonds is 7. The Hall–Kier alpha value is -4.76. The smallest absolute Gasteiger partial charge is 0.146 e. The van der Waals surface area contributed by atoms with Gasteiger partial charge in [0.15, 0.2) is 0 Å². The Bertz CT molecular complexity index is 1620. The molecule has 5 rings (SSSR count). The zero-order valence-corrected chi connectivity index (χ0v) is 19.3. The summed E-state index contributed by atoms with van der Waals surface area (Å²) in [4.78, 5) is 9.28. The Balaban J connectivity index is 1.63. The van der Waals surface area contributed by atoms with Gasteiger partial charge in [-0.15, -0.1) is 0 Å². The van der Waals surface area contributed by atoms with E-state index in [1.807, 2.05) is 72.8 Å². The molecule has 0 bridgehead atoms. The molecule has 0 radical (unpaired) electrons. The fraction of sp³-hybridized carbons (Fsp3) is 0. The van der Waals surface area contributed by atoms with Gasteiger partial charge < -0.3 is 4.42 Å². The number of benzene rings is 4. The van der Waals surface area contributed by atoms with E-state index in [-0.39, 0.29) is 0 Å². The second-order valence-corrected chi connectivity index (χ2v) is 8.01. The highest BCUT2D eigenvalue weighted by molar-refractivity contribution is 6.21. The highest BCUT2D eigenvalue weighted by Gasteiger charge is 2.16. The Morgan fingerprint density at radius 1 is 0.686 bits per heavy atom. The van der Waals surface area contributed by atoms with Gasteiger partial charge in [0.25, 0.3) is 0 Å². The van der Waals surface area contributed by atoms with Crippen LogP contribution >= 0.6 is 0 Å². The molecule has 168 valence electrons. The molecule has 3 heteroatoms. The summed E-state index contributed by atoms with van der Waals surface area (Å²) in [7, 11) is 0. The van der Waals surface area contributed by atoms with Crippen molar-refractivity contribution in [3.8, 4) is 11.1 Å². The summed E-state index contributed by atoms with van der Waals surface area (Å²) >= 11 is 0.